The number of carbonyl (C=O) groups excluding carboxylic acids is 1. The van der Waals surface area contributed by atoms with Gasteiger partial charge in [-0.2, -0.15) is 26.3 Å². The number of amides is 1. The lowest BCUT2D eigenvalue weighted by atomic mass is 10.1. The number of aryl methyl sites for hydroxylation is 2. The molecule has 3 rings (SSSR count). The lowest BCUT2D eigenvalue weighted by Gasteiger charge is -2.25. The third kappa shape index (κ3) is 10.8. The van der Waals surface area contributed by atoms with Crippen LogP contribution in [0.25, 0.3) is 0 Å². The molecule has 1 atom stereocenters. The van der Waals surface area contributed by atoms with Crippen molar-refractivity contribution in [2.75, 3.05) is 44.7 Å². The molecule has 1 unspecified atom stereocenters. The summed E-state index contributed by atoms with van der Waals surface area (Å²) < 4.78 is 82.1. The first-order valence-electron chi connectivity index (χ1n) is 13.6. The van der Waals surface area contributed by atoms with Gasteiger partial charge in [0.05, 0.1) is 17.7 Å². The van der Waals surface area contributed by atoms with Crippen LogP contribution in [0.3, 0.4) is 0 Å². The Morgan fingerprint density at radius 1 is 1.05 bits per heavy atom. The molecule has 1 aromatic heterocycles. The monoisotopic (exact) mass is 604 g/mol. The van der Waals surface area contributed by atoms with Crippen molar-refractivity contribution >= 4 is 17.7 Å². The summed E-state index contributed by atoms with van der Waals surface area (Å²) in [5, 5.41) is 15.0. The van der Waals surface area contributed by atoms with Crippen LogP contribution in [0.2, 0.25) is 0 Å². The number of carboxylic acid groups (broad SMARTS) is 1. The van der Waals surface area contributed by atoms with Gasteiger partial charge in [-0.15, -0.1) is 0 Å². The van der Waals surface area contributed by atoms with Crippen LogP contribution in [0.4, 0.5) is 32.2 Å². The molecule has 8 nitrogen and oxygen atoms in total. The van der Waals surface area contributed by atoms with Gasteiger partial charge >= 0.3 is 18.3 Å². The Morgan fingerprint density at radius 3 is 2.52 bits per heavy atom. The van der Waals surface area contributed by atoms with Gasteiger partial charge in [0.15, 0.2) is 0 Å². The highest BCUT2D eigenvalue weighted by atomic mass is 19.4. The summed E-state index contributed by atoms with van der Waals surface area (Å²) in [4.78, 5) is 30.8. The molecule has 3 N–H and O–H groups in total. The van der Waals surface area contributed by atoms with Gasteiger partial charge in [0.25, 0.3) is 5.91 Å². The van der Waals surface area contributed by atoms with E-state index in [0.717, 1.165) is 54.7 Å². The molecule has 1 amide bonds. The second-order valence-electron chi connectivity index (χ2n) is 10.0. The molecular weight excluding hydrogens is 570 g/mol. The van der Waals surface area contributed by atoms with Crippen LogP contribution in [-0.2, 0) is 28.5 Å². The SMILES string of the molecule is O=C(NC(CCN(CCCCc1ccc2c(n1)NCCC2)CCOCC(F)(F)F)C(=O)O)c1ccccc1C(F)(F)F. The minimum absolute atomic E-state index is 0.0502. The summed E-state index contributed by atoms with van der Waals surface area (Å²) in [7, 11) is 0. The summed E-state index contributed by atoms with van der Waals surface area (Å²) >= 11 is 0. The number of carbonyl (C=O) groups is 2. The highest BCUT2D eigenvalue weighted by molar-refractivity contribution is 5.98. The Bertz CT molecular complexity index is 1190. The molecule has 0 bridgehead atoms. The van der Waals surface area contributed by atoms with Crippen molar-refractivity contribution in [2.24, 2.45) is 0 Å². The molecule has 232 valence electrons. The smallest absolute Gasteiger partial charge is 0.417 e. The molecule has 2 aromatic rings. The number of aliphatic carboxylic acids is 1. The summed E-state index contributed by atoms with van der Waals surface area (Å²) in [6, 6.07) is 6.51. The second kappa shape index (κ2) is 15.2. The number of carboxylic acids is 1. The predicted molar refractivity (Wildman–Crippen MR) is 142 cm³/mol. The molecule has 1 aliphatic heterocycles. The van der Waals surface area contributed by atoms with E-state index in [-0.39, 0.29) is 26.1 Å². The number of benzene rings is 1. The maximum absolute atomic E-state index is 13.3. The van der Waals surface area contributed by atoms with Crippen LogP contribution >= 0.6 is 0 Å². The fourth-order valence-electron chi connectivity index (χ4n) is 4.60. The normalized spacial score (nSPS) is 14.3. The van der Waals surface area contributed by atoms with E-state index in [1.807, 2.05) is 12.1 Å². The molecule has 0 fully saturated rings. The van der Waals surface area contributed by atoms with Crippen LogP contribution < -0.4 is 10.6 Å². The molecule has 0 radical (unpaired) electrons. The first-order chi connectivity index (χ1) is 19.8. The van der Waals surface area contributed by atoms with Crippen molar-refractivity contribution in [3.8, 4) is 0 Å². The Morgan fingerprint density at radius 2 is 1.81 bits per heavy atom. The van der Waals surface area contributed by atoms with Gasteiger partial charge in [0.1, 0.15) is 18.5 Å². The minimum Gasteiger partial charge on any atom is -0.480 e. The second-order valence-corrected chi connectivity index (χ2v) is 10.0. The molecule has 0 saturated carbocycles. The van der Waals surface area contributed by atoms with Crippen LogP contribution in [0, 0.1) is 0 Å². The quantitative estimate of drug-likeness (QED) is 0.196. The van der Waals surface area contributed by atoms with E-state index in [0.29, 0.717) is 25.8 Å². The molecule has 42 heavy (non-hydrogen) atoms. The number of nitrogens with zero attached hydrogens (tertiary/aromatic N) is 2. The van der Waals surface area contributed by atoms with E-state index in [9.17, 15) is 41.0 Å². The Kier molecular flexibility index (Phi) is 12.0. The van der Waals surface area contributed by atoms with Gasteiger partial charge in [0.2, 0.25) is 0 Å². The number of unbranched alkanes of at least 4 members (excludes halogenated alkanes) is 1. The van der Waals surface area contributed by atoms with E-state index in [4.69, 9.17) is 4.74 Å². The van der Waals surface area contributed by atoms with Crippen molar-refractivity contribution in [1.82, 2.24) is 15.2 Å². The molecule has 0 aliphatic carbocycles. The topological polar surface area (TPSA) is 104 Å². The lowest BCUT2D eigenvalue weighted by molar-refractivity contribution is -0.174. The third-order valence-electron chi connectivity index (χ3n) is 6.74. The van der Waals surface area contributed by atoms with E-state index in [1.54, 1.807) is 4.90 Å². The minimum atomic E-state index is -4.81. The van der Waals surface area contributed by atoms with Crippen LogP contribution in [0.1, 0.15) is 52.9 Å². The number of anilines is 1. The highest BCUT2D eigenvalue weighted by Gasteiger charge is 2.35. The number of ether oxygens (including phenoxy) is 1. The average Bonchev–Trinajstić information content (AvgIpc) is 2.93. The zero-order chi connectivity index (χ0) is 30.8. The predicted octanol–water partition coefficient (Wildman–Crippen LogP) is 4.94. The summed E-state index contributed by atoms with van der Waals surface area (Å²) in [5.41, 5.74) is 0.159. The number of aromatic nitrogens is 1. The highest BCUT2D eigenvalue weighted by Crippen LogP contribution is 2.32. The number of rotatable bonds is 15. The fraction of sp³-hybridized carbons (Fsp3) is 0.536. The van der Waals surface area contributed by atoms with Crippen molar-refractivity contribution in [3.05, 3.63) is 58.8 Å². The first kappa shape index (κ1) is 33.1. The zero-order valence-electron chi connectivity index (χ0n) is 22.9. The number of pyridine rings is 1. The van der Waals surface area contributed by atoms with Gasteiger partial charge in [-0.05, 0) is 68.8 Å². The number of alkyl halides is 6. The number of hydrogen-bond acceptors (Lipinski definition) is 6. The number of hydrogen-bond donors (Lipinski definition) is 3. The van der Waals surface area contributed by atoms with E-state index in [1.165, 1.54) is 6.07 Å². The van der Waals surface area contributed by atoms with Crippen molar-refractivity contribution in [2.45, 2.75) is 56.9 Å². The molecule has 1 aliphatic rings. The van der Waals surface area contributed by atoms with Crippen molar-refractivity contribution in [1.29, 1.82) is 0 Å². The van der Waals surface area contributed by atoms with Crippen molar-refractivity contribution < 1.29 is 45.8 Å². The summed E-state index contributed by atoms with van der Waals surface area (Å²) in [6.45, 7) is -0.314. The largest absolute Gasteiger partial charge is 0.480 e. The van der Waals surface area contributed by atoms with Crippen LogP contribution in [-0.4, -0.2) is 78.5 Å². The van der Waals surface area contributed by atoms with Gasteiger partial charge in [-0.3, -0.25) is 4.79 Å². The molecule has 14 heteroatoms. The Hall–Kier alpha value is -3.39. The maximum atomic E-state index is 13.3. The summed E-state index contributed by atoms with van der Waals surface area (Å²) in [6.07, 6.45) is -5.49. The number of fused-ring (bicyclic) bond motifs is 1. The summed E-state index contributed by atoms with van der Waals surface area (Å²) in [5.74, 6) is -1.77. The standard InChI is InChI=1S/C28H34F6N4O4/c29-27(30,31)18-42-17-16-38(14-4-3-7-20-11-10-19-6-5-13-35-24(19)36-20)15-12-23(26(40)41)37-25(39)21-8-1-2-9-22(21)28(32,33)34/h1-2,8-11,23H,3-7,12-18H2,(H,35,36)(H,37,39)(H,40,41). The van der Waals surface area contributed by atoms with Crippen LogP contribution in [0.5, 0.6) is 0 Å². The number of nitrogens with one attached hydrogen (secondary N) is 2. The molecular formula is C28H34F6N4O4. The molecule has 0 spiro atoms. The average molecular weight is 605 g/mol. The lowest BCUT2D eigenvalue weighted by Crippen LogP contribution is -2.44. The number of halogens is 6. The van der Waals surface area contributed by atoms with Crippen molar-refractivity contribution in [3.63, 3.8) is 0 Å². The zero-order valence-corrected chi connectivity index (χ0v) is 22.9. The maximum Gasteiger partial charge on any atom is 0.417 e. The van der Waals surface area contributed by atoms with E-state index >= 15 is 0 Å². The Labute approximate surface area is 239 Å². The molecule has 0 saturated heterocycles. The van der Waals surface area contributed by atoms with Gasteiger partial charge in [0, 0.05) is 25.3 Å². The van der Waals surface area contributed by atoms with E-state index < -0.39 is 48.0 Å². The third-order valence-corrected chi connectivity index (χ3v) is 6.74. The van der Waals surface area contributed by atoms with Gasteiger partial charge in [-0.25, -0.2) is 9.78 Å². The molecule has 2 heterocycles. The van der Waals surface area contributed by atoms with Gasteiger partial charge < -0.3 is 25.4 Å². The van der Waals surface area contributed by atoms with Gasteiger partial charge in [-0.1, -0.05) is 18.2 Å². The van der Waals surface area contributed by atoms with Crippen LogP contribution in [0.15, 0.2) is 36.4 Å². The van der Waals surface area contributed by atoms with E-state index in [2.05, 4.69) is 15.6 Å². The first-order valence-corrected chi connectivity index (χ1v) is 13.6. The fourth-order valence-corrected chi connectivity index (χ4v) is 4.60. The Balaban J connectivity index is 1.57. The molecule has 1 aromatic carbocycles.